The van der Waals surface area contributed by atoms with E-state index in [1.54, 1.807) is 43.3 Å². The Bertz CT molecular complexity index is 1370. The van der Waals surface area contributed by atoms with Crippen LogP contribution >= 0.6 is 0 Å². The minimum Gasteiger partial charge on any atom is -0.872 e. The van der Waals surface area contributed by atoms with Crippen molar-refractivity contribution in [1.29, 1.82) is 0 Å². The number of hydrogen-bond acceptors (Lipinski definition) is 4. The van der Waals surface area contributed by atoms with Crippen molar-refractivity contribution < 1.29 is 13.5 Å². The number of anilines is 1. The van der Waals surface area contributed by atoms with Crippen molar-refractivity contribution in [2.45, 2.75) is 38.0 Å². The van der Waals surface area contributed by atoms with E-state index in [1.165, 1.54) is 10.7 Å². The van der Waals surface area contributed by atoms with Gasteiger partial charge in [0.15, 0.2) is 0 Å². The highest BCUT2D eigenvalue weighted by molar-refractivity contribution is 7.92. The SMILES string of the molecule is Cc1cc(NS(=O)(=O)c2ccc(C(C)(C)C)cc2)n(-c2cccc3c([O-])cccc23)n1. The lowest BCUT2D eigenvalue weighted by Gasteiger charge is -2.19. The molecule has 31 heavy (non-hydrogen) atoms. The molecule has 0 unspecified atom stereocenters. The maximum atomic E-state index is 13.1. The summed E-state index contributed by atoms with van der Waals surface area (Å²) in [5.74, 6) is 0.213. The van der Waals surface area contributed by atoms with E-state index in [0.29, 0.717) is 28.0 Å². The van der Waals surface area contributed by atoms with Crippen molar-refractivity contribution in [1.82, 2.24) is 9.78 Å². The lowest BCUT2D eigenvalue weighted by atomic mass is 9.87. The highest BCUT2D eigenvalue weighted by atomic mass is 32.2. The van der Waals surface area contributed by atoms with Crippen LogP contribution in [0.3, 0.4) is 0 Å². The zero-order valence-electron chi connectivity index (χ0n) is 17.9. The van der Waals surface area contributed by atoms with Crippen LogP contribution in [-0.4, -0.2) is 18.2 Å². The van der Waals surface area contributed by atoms with Crippen LogP contribution in [0.2, 0.25) is 0 Å². The predicted molar refractivity (Wildman–Crippen MR) is 121 cm³/mol. The summed E-state index contributed by atoms with van der Waals surface area (Å²) < 4.78 is 30.3. The molecule has 0 fully saturated rings. The number of nitrogens with zero attached hydrogens (tertiary/aromatic N) is 2. The fourth-order valence-corrected chi connectivity index (χ4v) is 4.57. The lowest BCUT2D eigenvalue weighted by molar-refractivity contribution is -0.265. The maximum Gasteiger partial charge on any atom is 0.263 e. The van der Waals surface area contributed by atoms with Gasteiger partial charge in [0.25, 0.3) is 10.0 Å². The second-order valence-corrected chi connectivity index (χ2v) is 10.3. The van der Waals surface area contributed by atoms with Crippen LogP contribution in [0.15, 0.2) is 71.6 Å². The van der Waals surface area contributed by atoms with Gasteiger partial charge in [-0.05, 0) is 41.5 Å². The van der Waals surface area contributed by atoms with Gasteiger partial charge in [-0.25, -0.2) is 13.1 Å². The highest BCUT2D eigenvalue weighted by Gasteiger charge is 2.20. The molecule has 0 bridgehead atoms. The number of aromatic nitrogens is 2. The van der Waals surface area contributed by atoms with Crippen LogP contribution in [-0.2, 0) is 15.4 Å². The summed E-state index contributed by atoms with van der Waals surface area (Å²) >= 11 is 0. The molecule has 6 nitrogen and oxygen atoms in total. The molecule has 0 saturated heterocycles. The minimum atomic E-state index is -3.83. The van der Waals surface area contributed by atoms with E-state index in [1.807, 2.05) is 24.3 Å². The Labute approximate surface area is 182 Å². The van der Waals surface area contributed by atoms with E-state index in [-0.39, 0.29) is 16.1 Å². The third-order valence-corrected chi connectivity index (χ3v) is 6.56. The van der Waals surface area contributed by atoms with Crippen molar-refractivity contribution in [3.63, 3.8) is 0 Å². The van der Waals surface area contributed by atoms with Crippen LogP contribution in [0.5, 0.6) is 5.75 Å². The van der Waals surface area contributed by atoms with Gasteiger partial charge in [-0.1, -0.05) is 63.2 Å². The summed E-state index contributed by atoms with van der Waals surface area (Å²) in [7, 11) is -3.83. The topological polar surface area (TPSA) is 87.0 Å². The standard InChI is InChI=1S/C24H25N3O3S/c1-16-15-23(26-31(29,30)18-13-11-17(12-14-18)24(2,3)4)27(25-16)21-9-5-8-20-19(21)7-6-10-22(20)28/h5-15,26,28H,1-4H3/p-1. The number of nitrogens with one attached hydrogen (secondary N) is 1. The molecule has 7 heteroatoms. The number of benzene rings is 3. The second-order valence-electron chi connectivity index (χ2n) is 8.59. The van der Waals surface area contributed by atoms with Gasteiger partial charge in [-0.15, -0.1) is 5.75 Å². The Morgan fingerprint density at radius 3 is 2.26 bits per heavy atom. The smallest absolute Gasteiger partial charge is 0.263 e. The third-order valence-electron chi connectivity index (χ3n) is 5.19. The average molecular weight is 435 g/mol. The van der Waals surface area contributed by atoms with Gasteiger partial charge in [0.1, 0.15) is 5.82 Å². The quantitative estimate of drug-likeness (QED) is 0.512. The Balaban J connectivity index is 1.76. The van der Waals surface area contributed by atoms with Crippen LogP contribution in [0.1, 0.15) is 32.0 Å². The minimum absolute atomic E-state index is 0.0692. The summed E-state index contributed by atoms with van der Waals surface area (Å²) in [6, 6.07) is 18.9. The molecule has 4 rings (SSSR count). The molecule has 0 spiro atoms. The van der Waals surface area contributed by atoms with Gasteiger partial charge in [-0.3, -0.25) is 4.72 Å². The van der Waals surface area contributed by atoms with Crippen molar-refractivity contribution in [2.75, 3.05) is 4.72 Å². The Hall–Kier alpha value is -3.32. The molecule has 0 atom stereocenters. The van der Waals surface area contributed by atoms with Crippen LogP contribution in [0, 0.1) is 6.92 Å². The number of aryl methyl sites for hydroxylation is 1. The fraction of sp³-hybridized carbons (Fsp3) is 0.208. The molecule has 3 aromatic carbocycles. The monoisotopic (exact) mass is 434 g/mol. The van der Waals surface area contributed by atoms with E-state index < -0.39 is 10.0 Å². The normalized spacial score (nSPS) is 12.3. The molecule has 1 heterocycles. The van der Waals surface area contributed by atoms with Crippen LogP contribution in [0.25, 0.3) is 16.5 Å². The number of fused-ring (bicyclic) bond motifs is 1. The summed E-state index contributed by atoms with van der Waals surface area (Å²) in [4.78, 5) is 0.172. The molecular formula is C24H24N3O3S-. The van der Waals surface area contributed by atoms with E-state index in [4.69, 9.17) is 0 Å². The highest BCUT2D eigenvalue weighted by Crippen LogP contribution is 2.30. The summed E-state index contributed by atoms with van der Waals surface area (Å²) in [6.45, 7) is 8.02. The number of hydrogen-bond donors (Lipinski definition) is 1. The van der Waals surface area contributed by atoms with Crippen LogP contribution < -0.4 is 9.83 Å². The first-order chi connectivity index (χ1) is 14.6. The Kier molecular flexibility index (Phi) is 5.01. The van der Waals surface area contributed by atoms with Crippen molar-refractivity contribution >= 4 is 26.6 Å². The zero-order chi connectivity index (χ0) is 22.4. The largest absolute Gasteiger partial charge is 0.872 e. The molecule has 160 valence electrons. The van der Waals surface area contributed by atoms with E-state index >= 15 is 0 Å². The fourth-order valence-electron chi connectivity index (χ4n) is 3.54. The van der Waals surface area contributed by atoms with Crippen molar-refractivity contribution in [2.24, 2.45) is 0 Å². The first kappa shape index (κ1) is 20.9. The van der Waals surface area contributed by atoms with Crippen molar-refractivity contribution in [3.8, 4) is 11.4 Å². The van der Waals surface area contributed by atoms with Gasteiger partial charge in [0.05, 0.1) is 16.3 Å². The first-order valence-corrected chi connectivity index (χ1v) is 11.4. The number of sulfonamides is 1. The molecule has 0 aliphatic carbocycles. The zero-order valence-corrected chi connectivity index (χ0v) is 18.7. The first-order valence-electron chi connectivity index (χ1n) is 9.95. The summed E-state index contributed by atoms with van der Waals surface area (Å²) in [5.41, 5.74) is 2.26. The van der Waals surface area contributed by atoms with Gasteiger partial charge in [0.2, 0.25) is 0 Å². The molecule has 0 saturated carbocycles. The maximum absolute atomic E-state index is 13.1. The summed E-state index contributed by atoms with van der Waals surface area (Å²) in [6.07, 6.45) is 0. The van der Waals surface area contributed by atoms with Gasteiger partial charge in [0, 0.05) is 11.5 Å². The summed E-state index contributed by atoms with van der Waals surface area (Å²) in [5, 5.41) is 18.0. The van der Waals surface area contributed by atoms with Gasteiger partial charge in [-0.2, -0.15) is 5.10 Å². The van der Waals surface area contributed by atoms with Gasteiger partial charge >= 0.3 is 0 Å². The second kappa shape index (κ2) is 7.42. The van der Waals surface area contributed by atoms with Crippen molar-refractivity contribution in [3.05, 3.63) is 78.0 Å². The molecule has 1 aromatic heterocycles. The molecular weight excluding hydrogens is 410 g/mol. The van der Waals surface area contributed by atoms with Crippen LogP contribution in [0.4, 0.5) is 5.82 Å². The molecule has 0 aliphatic rings. The lowest BCUT2D eigenvalue weighted by Crippen LogP contribution is -2.17. The Morgan fingerprint density at radius 2 is 1.58 bits per heavy atom. The number of rotatable bonds is 4. The Morgan fingerprint density at radius 1 is 0.935 bits per heavy atom. The third kappa shape index (κ3) is 4.01. The molecule has 4 aromatic rings. The van der Waals surface area contributed by atoms with E-state index in [2.05, 4.69) is 30.6 Å². The predicted octanol–water partition coefficient (Wildman–Crippen LogP) is 4.51. The molecule has 1 N–H and O–H groups in total. The average Bonchev–Trinajstić information content (AvgIpc) is 3.06. The molecule has 0 amide bonds. The van der Waals surface area contributed by atoms with E-state index in [0.717, 1.165) is 5.56 Å². The molecule has 0 radical (unpaired) electrons. The molecule has 0 aliphatic heterocycles. The van der Waals surface area contributed by atoms with Gasteiger partial charge < -0.3 is 5.11 Å². The van der Waals surface area contributed by atoms with E-state index in [9.17, 15) is 13.5 Å².